The van der Waals surface area contributed by atoms with Crippen molar-refractivity contribution in [3.63, 3.8) is 0 Å². The van der Waals surface area contributed by atoms with Gasteiger partial charge in [-0.3, -0.25) is 0 Å². The normalized spacial score (nSPS) is 12.6. The average molecular weight is 297 g/mol. The minimum Gasteiger partial charge on any atom is -0.0921 e. The number of alkyl halides is 1. The summed E-state index contributed by atoms with van der Waals surface area (Å²) in [6, 6.07) is 9.02. The first-order chi connectivity index (χ1) is 8.27. The summed E-state index contributed by atoms with van der Waals surface area (Å²) in [5, 5.41) is 1.09. The Morgan fingerprint density at radius 1 is 1.00 bits per heavy atom. The molecule has 0 heterocycles. The third-order valence-corrected chi connectivity index (χ3v) is 4.17. The van der Waals surface area contributed by atoms with Crippen molar-refractivity contribution < 1.29 is 0 Å². The third-order valence-electron chi connectivity index (χ3n) is 3.39. The summed E-state index contributed by atoms with van der Waals surface area (Å²) in [6.07, 6.45) is 8.20. The van der Waals surface area contributed by atoms with Crippen molar-refractivity contribution in [3.8, 4) is 0 Å². The highest BCUT2D eigenvalue weighted by atomic mass is 79.9. The molecule has 0 radical (unpaired) electrons. The van der Waals surface area contributed by atoms with E-state index in [9.17, 15) is 0 Å². The topological polar surface area (TPSA) is 0 Å². The molecule has 1 aromatic carbocycles. The molecule has 0 aromatic heterocycles. The first kappa shape index (κ1) is 14.8. The van der Waals surface area contributed by atoms with Crippen LogP contribution >= 0.6 is 15.9 Å². The highest BCUT2D eigenvalue weighted by Crippen LogP contribution is 2.25. The minimum absolute atomic E-state index is 0.692. The van der Waals surface area contributed by atoms with E-state index in [0.29, 0.717) is 5.92 Å². The molecule has 0 aliphatic carbocycles. The Balaban J connectivity index is 2.35. The lowest BCUT2D eigenvalue weighted by atomic mass is 9.94. The maximum Gasteiger partial charge on any atom is 0.0100 e. The quantitative estimate of drug-likeness (QED) is 0.418. The summed E-state index contributed by atoms with van der Waals surface area (Å²) in [7, 11) is 0. The predicted octanol–water partition coefficient (Wildman–Crippen LogP) is 5.83. The van der Waals surface area contributed by atoms with Gasteiger partial charge in [0.15, 0.2) is 0 Å². The molecule has 0 spiro atoms. The number of rotatable bonds is 8. The van der Waals surface area contributed by atoms with Crippen LogP contribution in [0.2, 0.25) is 0 Å². The van der Waals surface area contributed by atoms with Gasteiger partial charge in [0.25, 0.3) is 0 Å². The number of hydrogen-bond acceptors (Lipinski definition) is 0. The fraction of sp³-hybridized carbons (Fsp3) is 0.625. The van der Waals surface area contributed by atoms with Gasteiger partial charge in [0.2, 0.25) is 0 Å². The van der Waals surface area contributed by atoms with E-state index in [1.165, 1.54) is 49.7 Å². The molecule has 0 aliphatic heterocycles. The molecule has 0 bridgehead atoms. The minimum atomic E-state index is 0.692. The molecule has 0 nitrogen and oxygen atoms in total. The number of unbranched alkanes of at least 4 members (excludes halogenated alkanes) is 4. The van der Waals surface area contributed by atoms with Gasteiger partial charge in [0, 0.05) is 5.33 Å². The van der Waals surface area contributed by atoms with E-state index < -0.39 is 0 Å². The van der Waals surface area contributed by atoms with Gasteiger partial charge in [-0.15, -0.1) is 0 Å². The van der Waals surface area contributed by atoms with Gasteiger partial charge in [-0.25, -0.2) is 0 Å². The predicted molar refractivity (Wildman–Crippen MR) is 81.1 cm³/mol. The first-order valence-corrected chi connectivity index (χ1v) is 8.02. The van der Waals surface area contributed by atoms with Crippen molar-refractivity contribution >= 4 is 15.9 Å². The van der Waals surface area contributed by atoms with Gasteiger partial charge in [-0.1, -0.05) is 84.8 Å². The second-order valence-electron chi connectivity index (χ2n) is 4.96. The standard InChI is InChI=1S/C16H25Br/c1-3-4-5-6-7-8-16(13-17)15-11-9-14(2)10-12-15/h9-12,16H,3-8,13H2,1-2H3. The zero-order valence-corrected chi connectivity index (χ0v) is 12.8. The average Bonchev–Trinajstić information content (AvgIpc) is 2.35. The molecule has 1 atom stereocenters. The Bertz CT molecular complexity index is 289. The molecule has 0 saturated carbocycles. The second kappa shape index (κ2) is 8.74. The Hall–Kier alpha value is -0.300. The van der Waals surface area contributed by atoms with E-state index in [1.807, 2.05) is 0 Å². The van der Waals surface area contributed by atoms with E-state index in [2.05, 4.69) is 54.0 Å². The molecule has 0 saturated heterocycles. The van der Waals surface area contributed by atoms with E-state index in [4.69, 9.17) is 0 Å². The molecule has 0 amide bonds. The van der Waals surface area contributed by atoms with E-state index in [1.54, 1.807) is 0 Å². The Kier molecular flexibility index (Phi) is 7.59. The molecule has 1 heteroatoms. The lowest BCUT2D eigenvalue weighted by Crippen LogP contribution is -2.00. The van der Waals surface area contributed by atoms with Gasteiger partial charge >= 0.3 is 0 Å². The number of aryl methyl sites for hydroxylation is 1. The molecule has 0 N–H and O–H groups in total. The summed E-state index contributed by atoms with van der Waals surface area (Å²) >= 11 is 3.65. The molecule has 96 valence electrons. The van der Waals surface area contributed by atoms with Crippen molar-refractivity contribution in [2.24, 2.45) is 0 Å². The van der Waals surface area contributed by atoms with Crippen molar-refractivity contribution in [2.45, 2.75) is 58.3 Å². The molecule has 17 heavy (non-hydrogen) atoms. The van der Waals surface area contributed by atoms with Crippen LogP contribution in [0.3, 0.4) is 0 Å². The van der Waals surface area contributed by atoms with Crippen LogP contribution < -0.4 is 0 Å². The first-order valence-electron chi connectivity index (χ1n) is 6.90. The van der Waals surface area contributed by atoms with Crippen molar-refractivity contribution in [2.75, 3.05) is 5.33 Å². The van der Waals surface area contributed by atoms with E-state index in [-0.39, 0.29) is 0 Å². The summed E-state index contributed by atoms with van der Waals surface area (Å²) in [4.78, 5) is 0. The van der Waals surface area contributed by atoms with Crippen molar-refractivity contribution in [1.82, 2.24) is 0 Å². The van der Waals surface area contributed by atoms with Gasteiger partial charge in [-0.2, -0.15) is 0 Å². The fourth-order valence-electron chi connectivity index (χ4n) is 2.17. The number of halogens is 1. The lowest BCUT2D eigenvalue weighted by Gasteiger charge is -2.14. The zero-order valence-electron chi connectivity index (χ0n) is 11.2. The highest BCUT2D eigenvalue weighted by Gasteiger charge is 2.09. The molecule has 0 fully saturated rings. The van der Waals surface area contributed by atoms with Crippen LogP contribution in [-0.2, 0) is 0 Å². The third kappa shape index (κ3) is 5.72. The van der Waals surface area contributed by atoms with Crippen LogP contribution in [0.1, 0.15) is 62.5 Å². The van der Waals surface area contributed by atoms with Crippen LogP contribution in [0.4, 0.5) is 0 Å². The summed E-state index contributed by atoms with van der Waals surface area (Å²) in [5.74, 6) is 0.692. The van der Waals surface area contributed by atoms with Gasteiger partial charge in [0.05, 0.1) is 0 Å². The van der Waals surface area contributed by atoms with Gasteiger partial charge in [0.1, 0.15) is 0 Å². The van der Waals surface area contributed by atoms with Crippen LogP contribution in [-0.4, -0.2) is 5.33 Å². The largest absolute Gasteiger partial charge is 0.0921 e. The Morgan fingerprint density at radius 2 is 1.65 bits per heavy atom. The van der Waals surface area contributed by atoms with Crippen LogP contribution in [0.25, 0.3) is 0 Å². The Morgan fingerprint density at radius 3 is 2.24 bits per heavy atom. The van der Waals surface area contributed by atoms with E-state index in [0.717, 1.165) is 5.33 Å². The maximum atomic E-state index is 3.65. The lowest BCUT2D eigenvalue weighted by molar-refractivity contribution is 0.571. The zero-order chi connectivity index (χ0) is 12.5. The van der Waals surface area contributed by atoms with E-state index >= 15 is 0 Å². The number of hydrogen-bond donors (Lipinski definition) is 0. The SMILES string of the molecule is CCCCCCCC(CBr)c1ccc(C)cc1. The molecular weight excluding hydrogens is 272 g/mol. The molecule has 1 rings (SSSR count). The molecule has 0 aliphatic rings. The van der Waals surface area contributed by atoms with Crippen LogP contribution in [0.15, 0.2) is 24.3 Å². The van der Waals surface area contributed by atoms with Crippen LogP contribution in [0.5, 0.6) is 0 Å². The Labute approximate surface area is 115 Å². The monoisotopic (exact) mass is 296 g/mol. The van der Waals surface area contributed by atoms with Gasteiger partial charge in [-0.05, 0) is 24.8 Å². The molecule has 1 unspecified atom stereocenters. The maximum absolute atomic E-state index is 3.65. The summed E-state index contributed by atoms with van der Waals surface area (Å²) < 4.78 is 0. The number of benzene rings is 1. The summed E-state index contributed by atoms with van der Waals surface area (Å²) in [6.45, 7) is 4.42. The fourth-order valence-corrected chi connectivity index (χ4v) is 2.86. The van der Waals surface area contributed by atoms with Crippen LogP contribution in [0, 0.1) is 6.92 Å². The molecule has 1 aromatic rings. The smallest absolute Gasteiger partial charge is 0.0100 e. The van der Waals surface area contributed by atoms with Crippen molar-refractivity contribution in [1.29, 1.82) is 0 Å². The van der Waals surface area contributed by atoms with Crippen molar-refractivity contribution in [3.05, 3.63) is 35.4 Å². The molecular formula is C16H25Br. The van der Waals surface area contributed by atoms with Gasteiger partial charge < -0.3 is 0 Å². The highest BCUT2D eigenvalue weighted by molar-refractivity contribution is 9.09. The second-order valence-corrected chi connectivity index (χ2v) is 5.61. The summed E-state index contributed by atoms with van der Waals surface area (Å²) in [5.41, 5.74) is 2.84.